The molecule has 0 fully saturated rings. The first-order chi connectivity index (χ1) is 8.08. The molecule has 0 aliphatic rings. The summed E-state index contributed by atoms with van der Waals surface area (Å²) in [5.41, 5.74) is 1.07. The smallest absolute Gasteiger partial charge is 0.179 e. The molecule has 0 spiro atoms. The largest absolute Gasteiger partial charge is 0.457 e. The van der Waals surface area contributed by atoms with Gasteiger partial charge in [-0.25, -0.2) is 4.39 Å². The van der Waals surface area contributed by atoms with Crippen LogP contribution in [0, 0.1) is 5.82 Å². The van der Waals surface area contributed by atoms with Crippen LogP contribution in [0.1, 0.15) is 15.9 Å². The number of Topliss-reactive ketones (excluding diaryl/α,β-unsaturated/α-hetero) is 1. The molecular weight excluding hydrogens is 355 g/mol. The van der Waals surface area contributed by atoms with Gasteiger partial charge in [-0.3, -0.25) is 4.79 Å². The van der Waals surface area contributed by atoms with E-state index in [2.05, 4.69) is 31.9 Å². The molecule has 0 N–H and O–H groups in total. The minimum Gasteiger partial charge on any atom is -0.457 e. The highest BCUT2D eigenvalue weighted by molar-refractivity contribution is 9.10. The summed E-state index contributed by atoms with van der Waals surface area (Å²) >= 11 is 6.43. The maximum Gasteiger partial charge on any atom is 0.179 e. The average Bonchev–Trinajstić information content (AvgIpc) is 2.70. The lowest BCUT2D eigenvalue weighted by Gasteiger charge is -2.03. The van der Waals surface area contributed by atoms with E-state index >= 15 is 0 Å². The third kappa shape index (κ3) is 2.84. The Bertz CT molecular complexity index is 563. The topological polar surface area (TPSA) is 30.2 Å². The van der Waals surface area contributed by atoms with Gasteiger partial charge in [-0.15, -0.1) is 0 Å². The molecule has 17 heavy (non-hydrogen) atoms. The van der Waals surface area contributed by atoms with Gasteiger partial charge >= 0.3 is 0 Å². The second kappa shape index (κ2) is 5.14. The lowest BCUT2D eigenvalue weighted by atomic mass is 10.1. The lowest BCUT2D eigenvalue weighted by Crippen LogP contribution is -2.03. The molecular formula is C12H7Br2FO2. The first-order valence-electron chi connectivity index (χ1n) is 4.78. The molecule has 1 heterocycles. The van der Waals surface area contributed by atoms with Gasteiger partial charge in [0.25, 0.3) is 0 Å². The standard InChI is InChI=1S/C12H7Br2FO2/c13-10-2-1-8(15)5-7(10)6-11(16)9-3-4-17-12(9)14/h1-5H,6H2. The highest BCUT2D eigenvalue weighted by Crippen LogP contribution is 2.23. The van der Waals surface area contributed by atoms with E-state index < -0.39 is 0 Å². The van der Waals surface area contributed by atoms with E-state index in [4.69, 9.17) is 4.42 Å². The van der Waals surface area contributed by atoms with Crippen molar-refractivity contribution in [3.8, 4) is 0 Å². The van der Waals surface area contributed by atoms with Gasteiger partial charge in [0.05, 0.1) is 11.8 Å². The fourth-order valence-electron chi connectivity index (χ4n) is 1.44. The normalized spacial score (nSPS) is 10.5. The Hall–Kier alpha value is -0.940. The van der Waals surface area contributed by atoms with Crippen LogP contribution in [0.5, 0.6) is 0 Å². The molecule has 0 radical (unpaired) electrons. The van der Waals surface area contributed by atoms with Crippen LogP contribution in [0.25, 0.3) is 0 Å². The Morgan fingerprint density at radius 2 is 2.06 bits per heavy atom. The minimum atomic E-state index is -0.359. The molecule has 0 aliphatic carbocycles. The fraction of sp³-hybridized carbons (Fsp3) is 0.0833. The van der Waals surface area contributed by atoms with Crippen molar-refractivity contribution in [3.63, 3.8) is 0 Å². The molecule has 0 aliphatic heterocycles. The number of furan rings is 1. The molecule has 0 atom stereocenters. The molecule has 0 saturated carbocycles. The first kappa shape index (κ1) is 12.5. The molecule has 88 valence electrons. The van der Waals surface area contributed by atoms with Crippen molar-refractivity contribution >= 4 is 37.6 Å². The van der Waals surface area contributed by atoms with E-state index in [1.807, 2.05) is 0 Å². The van der Waals surface area contributed by atoms with Gasteiger partial charge in [-0.05, 0) is 45.8 Å². The summed E-state index contributed by atoms with van der Waals surface area (Å²) in [6, 6.07) is 5.85. The summed E-state index contributed by atoms with van der Waals surface area (Å²) in [4.78, 5) is 11.9. The van der Waals surface area contributed by atoms with Crippen LogP contribution in [0.2, 0.25) is 0 Å². The quantitative estimate of drug-likeness (QED) is 0.760. The average molecular weight is 362 g/mol. The Labute approximate surface area is 114 Å². The number of carbonyl (C=O) groups excluding carboxylic acids is 1. The highest BCUT2D eigenvalue weighted by atomic mass is 79.9. The summed E-state index contributed by atoms with van der Waals surface area (Å²) in [6.07, 6.45) is 1.55. The third-order valence-corrected chi connectivity index (χ3v) is 3.66. The van der Waals surface area contributed by atoms with Crippen LogP contribution in [0.15, 0.2) is 44.1 Å². The predicted molar refractivity (Wildman–Crippen MR) is 68.5 cm³/mol. The predicted octanol–water partition coefficient (Wildman–Crippen LogP) is 4.37. The number of carbonyl (C=O) groups is 1. The van der Waals surface area contributed by atoms with Crippen molar-refractivity contribution in [2.24, 2.45) is 0 Å². The van der Waals surface area contributed by atoms with E-state index in [1.165, 1.54) is 18.4 Å². The zero-order chi connectivity index (χ0) is 12.4. The Kier molecular flexibility index (Phi) is 3.79. The van der Waals surface area contributed by atoms with Crippen molar-refractivity contribution < 1.29 is 13.6 Å². The van der Waals surface area contributed by atoms with Crippen LogP contribution in [-0.2, 0) is 6.42 Å². The first-order valence-corrected chi connectivity index (χ1v) is 6.36. The number of benzene rings is 1. The summed E-state index contributed by atoms with van der Waals surface area (Å²) < 4.78 is 19.2. The van der Waals surface area contributed by atoms with Crippen molar-refractivity contribution in [3.05, 3.63) is 56.6 Å². The van der Waals surface area contributed by atoms with E-state index in [1.54, 1.807) is 12.1 Å². The number of hydrogen-bond donors (Lipinski definition) is 0. The zero-order valence-corrected chi connectivity index (χ0v) is 11.7. The van der Waals surface area contributed by atoms with Crippen LogP contribution in [-0.4, -0.2) is 5.78 Å². The monoisotopic (exact) mass is 360 g/mol. The van der Waals surface area contributed by atoms with Gasteiger partial charge in [0.2, 0.25) is 0 Å². The second-order valence-electron chi connectivity index (χ2n) is 3.44. The fourth-order valence-corrected chi connectivity index (χ4v) is 2.29. The summed E-state index contributed by atoms with van der Waals surface area (Å²) in [7, 11) is 0. The van der Waals surface area contributed by atoms with Crippen molar-refractivity contribution in [2.45, 2.75) is 6.42 Å². The maximum absolute atomic E-state index is 13.1. The van der Waals surface area contributed by atoms with E-state index in [0.29, 0.717) is 20.3 Å². The zero-order valence-electron chi connectivity index (χ0n) is 8.54. The van der Waals surface area contributed by atoms with Gasteiger partial charge in [0.15, 0.2) is 10.5 Å². The SMILES string of the molecule is O=C(Cc1cc(F)ccc1Br)c1ccoc1Br. The Morgan fingerprint density at radius 1 is 1.29 bits per heavy atom. The van der Waals surface area contributed by atoms with E-state index in [-0.39, 0.29) is 18.0 Å². The number of ketones is 1. The summed E-state index contributed by atoms with van der Waals surface area (Å²) in [5.74, 6) is -0.487. The Morgan fingerprint density at radius 3 is 2.71 bits per heavy atom. The van der Waals surface area contributed by atoms with Crippen LogP contribution < -0.4 is 0 Å². The van der Waals surface area contributed by atoms with Crippen molar-refractivity contribution in [1.82, 2.24) is 0 Å². The molecule has 0 bridgehead atoms. The summed E-state index contributed by atoms with van der Waals surface area (Å²) in [5, 5.41) is 0. The van der Waals surface area contributed by atoms with Gasteiger partial charge in [-0.1, -0.05) is 15.9 Å². The second-order valence-corrected chi connectivity index (χ2v) is 5.02. The number of rotatable bonds is 3. The van der Waals surface area contributed by atoms with Gasteiger partial charge in [-0.2, -0.15) is 0 Å². The van der Waals surface area contributed by atoms with Crippen molar-refractivity contribution in [1.29, 1.82) is 0 Å². The van der Waals surface area contributed by atoms with Crippen LogP contribution in [0.3, 0.4) is 0 Å². The maximum atomic E-state index is 13.1. The minimum absolute atomic E-state index is 0.122. The molecule has 1 aromatic heterocycles. The van der Waals surface area contributed by atoms with Gasteiger partial charge in [0.1, 0.15) is 5.82 Å². The van der Waals surface area contributed by atoms with Crippen LogP contribution in [0.4, 0.5) is 4.39 Å². The molecule has 2 rings (SSSR count). The Balaban J connectivity index is 2.24. The summed E-state index contributed by atoms with van der Waals surface area (Å²) in [6.45, 7) is 0. The van der Waals surface area contributed by atoms with E-state index in [0.717, 1.165) is 0 Å². The highest BCUT2D eigenvalue weighted by Gasteiger charge is 2.15. The molecule has 2 aromatic rings. The molecule has 5 heteroatoms. The molecule has 0 amide bonds. The van der Waals surface area contributed by atoms with Gasteiger partial charge in [0, 0.05) is 10.9 Å². The van der Waals surface area contributed by atoms with Gasteiger partial charge < -0.3 is 4.42 Å². The molecule has 1 aromatic carbocycles. The molecule has 0 unspecified atom stereocenters. The molecule has 0 saturated heterocycles. The van der Waals surface area contributed by atoms with E-state index in [9.17, 15) is 9.18 Å². The number of halogens is 3. The third-order valence-electron chi connectivity index (χ3n) is 2.28. The van der Waals surface area contributed by atoms with Crippen LogP contribution >= 0.6 is 31.9 Å². The van der Waals surface area contributed by atoms with Crippen molar-refractivity contribution in [2.75, 3.05) is 0 Å². The molecule has 2 nitrogen and oxygen atoms in total. The number of hydrogen-bond acceptors (Lipinski definition) is 2. The lowest BCUT2D eigenvalue weighted by molar-refractivity contribution is 0.0991.